The topological polar surface area (TPSA) is 31.2 Å². The summed E-state index contributed by atoms with van der Waals surface area (Å²) < 4.78 is 15.1. The normalized spacial score (nSPS) is 12.0. The van der Waals surface area contributed by atoms with E-state index in [9.17, 15) is 0 Å². The standard InChI is InChI=1S/C42H25NO2/c1-2-9-29(10-3-1)43-35-14-6-4-11-31(35)34-25-28(21-23-36(34)43)26-17-19-27(20-18-26)30-13-8-16-38-40(30)41-39(44-38)24-22-33-32-12-5-7-15-37(32)45-42(33)41/h1-25H. The van der Waals surface area contributed by atoms with E-state index in [0.29, 0.717) is 0 Å². The number of furan rings is 2. The minimum atomic E-state index is 0.837. The van der Waals surface area contributed by atoms with E-state index in [2.05, 4.69) is 138 Å². The summed E-state index contributed by atoms with van der Waals surface area (Å²) in [5, 5.41) is 6.84. The SMILES string of the molecule is c1ccc(-n2c3ccccc3c3cc(-c4ccc(-c5cccc6oc7ccc8c9ccccc9oc8c7c56)cc4)ccc32)cc1. The van der Waals surface area contributed by atoms with Gasteiger partial charge in [-0.3, -0.25) is 0 Å². The zero-order valence-electron chi connectivity index (χ0n) is 24.2. The van der Waals surface area contributed by atoms with E-state index in [0.717, 1.165) is 55.0 Å². The van der Waals surface area contributed by atoms with Gasteiger partial charge in [-0.2, -0.15) is 0 Å². The second-order valence-electron chi connectivity index (χ2n) is 11.7. The number of rotatable bonds is 3. The molecule has 0 bridgehead atoms. The number of para-hydroxylation sites is 3. The fraction of sp³-hybridized carbons (Fsp3) is 0. The van der Waals surface area contributed by atoms with Gasteiger partial charge in [-0.1, -0.05) is 97.1 Å². The molecule has 210 valence electrons. The third kappa shape index (κ3) is 3.52. The fourth-order valence-corrected chi connectivity index (χ4v) is 7.18. The lowest BCUT2D eigenvalue weighted by molar-refractivity contribution is 0.663. The summed E-state index contributed by atoms with van der Waals surface area (Å²) in [7, 11) is 0. The number of nitrogens with zero attached hydrogens (tertiary/aromatic N) is 1. The second-order valence-corrected chi connectivity index (χ2v) is 11.7. The van der Waals surface area contributed by atoms with Crippen molar-refractivity contribution in [1.82, 2.24) is 4.57 Å². The van der Waals surface area contributed by atoms with Gasteiger partial charge in [-0.05, 0) is 76.9 Å². The Kier molecular flexibility index (Phi) is 5.00. The molecule has 0 aliphatic rings. The molecular formula is C42H25NO2. The van der Waals surface area contributed by atoms with Crippen molar-refractivity contribution in [2.45, 2.75) is 0 Å². The zero-order valence-corrected chi connectivity index (χ0v) is 24.2. The monoisotopic (exact) mass is 575 g/mol. The molecular weight excluding hydrogens is 550 g/mol. The van der Waals surface area contributed by atoms with Gasteiger partial charge in [-0.25, -0.2) is 0 Å². The molecule has 0 unspecified atom stereocenters. The molecule has 3 aromatic heterocycles. The van der Waals surface area contributed by atoms with Gasteiger partial charge in [0.2, 0.25) is 0 Å². The van der Waals surface area contributed by atoms with Crippen molar-refractivity contribution in [3.05, 3.63) is 152 Å². The van der Waals surface area contributed by atoms with Crippen LogP contribution in [0.15, 0.2) is 160 Å². The second kappa shape index (κ2) is 9.22. The van der Waals surface area contributed by atoms with E-state index in [1.54, 1.807) is 0 Å². The summed E-state index contributed by atoms with van der Waals surface area (Å²) in [6.07, 6.45) is 0. The van der Waals surface area contributed by atoms with Crippen LogP contribution >= 0.6 is 0 Å². The number of benzene rings is 7. The van der Waals surface area contributed by atoms with Crippen molar-refractivity contribution in [3.8, 4) is 27.9 Å². The summed E-state index contributed by atoms with van der Waals surface area (Å²) in [6.45, 7) is 0. The molecule has 0 fully saturated rings. The largest absolute Gasteiger partial charge is 0.456 e. The molecule has 0 spiro atoms. The molecule has 3 heteroatoms. The number of hydrogen-bond acceptors (Lipinski definition) is 2. The third-order valence-electron chi connectivity index (χ3n) is 9.22. The van der Waals surface area contributed by atoms with E-state index >= 15 is 0 Å². The van der Waals surface area contributed by atoms with Gasteiger partial charge < -0.3 is 13.4 Å². The molecule has 0 atom stereocenters. The molecule has 0 aliphatic heterocycles. The minimum absolute atomic E-state index is 0.837. The maximum atomic E-state index is 6.43. The number of fused-ring (bicyclic) bond motifs is 10. The Morgan fingerprint density at radius 3 is 1.96 bits per heavy atom. The Morgan fingerprint density at radius 1 is 0.378 bits per heavy atom. The maximum absolute atomic E-state index is 6.43. The highest BCUT2D eigenvalue weighted by molar-refractivity contribution is 6.24. The van der Waals surface area contributed by atoms with Gasteiger partial charge in [0.15, 0.2) is 0 Å². The van der Waals surface area contributed by atoms with Crippen molar-refractivity contribution in [3.63, 3.8) is 0 Å². The molecule has 10 rings (SSSR count). The highest BCUT2D eigenvalue weighted by atomic mass is 16.3. The lowest BCUT2D eigenvalue weighted by Gasteiger charge is -2.09. The summed E-state index contributed by atoms with van der Waals surface area (Å²) in [5.41, 5.74) is 11.7. The lowest BCUT2D eigenvalue weighted by Crippen LogP contribution is -1.92. The smallest absolute Gasteiger partial charge is 0.147 e. The molecule has 0 amide bonds. The van der Waals surface area contributed by atoms with Gasteiger partial charge in [0.25, 0.3) is 0 Å². The summed E-state index contributed by atoms with van der Waals surface area (Å²) >= 11 is 0. The van der Waals surface area contributed by atoms with Crippen molar-refractivity contribution in [1.29, 1.82) is 0 Å². The van der Waals surface area contributed by atoms with E-state index in [-0.39, 0.29) is 0 Å². The van der Waals surface area contributed by atoms with Crippen LogP contribution in [0.4, 0.5) is 0 Å². The first kappa shape index (κ1) is 24.4. The lowest BCUT2D eigenvalue weighted by atomic mass is 9.96. The van der Waals surface area contributed by atoms with Gasteiger partial charge in [0, 0.05) is 32.6 Å². The molecule has 0 saturated heterocycles. The molecule has 7 aromatic carbocycles. The van der Waals surface area contributed by atoms with Crippen LogP contribution in [0, 0.1) is 0 Å². The Balaban J connectivity index is 1.12. The predicted octanol–water partition coefficient (Wildman–Crippen LogP) is 11.9. The molecule has 3 nitrogen and oxygen atoms in total. The van der Waals surface area contributed by atoms with Gasteiger partial charge >= 0.3 is 0 Å². The average molecular weight is 576 g/mol. The average Bonchev–Trinajstić information content (AvgIpc) is 3.78. The van der Waals surface area contributed by atoms with Crippen LogP contribution in [0.1, 0.15) is 0 Å². The predicted molar refractivity (Wildman–Crippen MR) is 186 cm³/mol. The first-order valence-corrected chi connectivity index (χ1v) is 15.3. The number of aromatic nitrogens is 1. The van der Waals surface area contributed by atoms with E-state index in [4.69, 9.17) is 8.83 Å². The van der Waals surface area contributed by atoms with Crippen molar-refractivity contribution >= 4 is 65.7 Å². The van der Waals surface area contributed by atoms with E-state index in [1.807, 2.05) is 18.2 Å². The van der Waals surface area contributed by atoms with Crippen LogP contribution in [0.3, 0.4) is 0 Å². The fourth-order valence-electron chi connectivity index (χ4n) is 7.18. The molecule has 0 saturated carbocycles. The highest BCUT2D eigenvalue weighted by Gasteiger charge is 2.19. The van der Waals surface area contributed by atoms with E-state index < -0.39 is 0 Å². The van der Waals surface area contributed by atoms with E-state index in [1.165, 1.54) is 38.6 Å². The summed E-state index contributed by atoms with van der Waals surface area (Å²) in [6, 6.07) is 53.6. The van der Waals surface area contributed by atoms with Crippen LogP contribution < -0.4 is 0 Å². The van der Waals surface area contributed by atoms with Gasteiger partial charge in [0.1, 0.15) is 22.3 Å². The van der Waals surface area contributed by atoms with Crippen LogP contribution in [-0.4, -0.2) is 4.57 Å². The van der Waals surface area contributed by atoms with Gasteiger partial charge in [-0.15, -0.1) is 0 Å². The quantitative estimate of drug-likeness (QED) is 0.210. The zero-order chi connectivity index (χ0) is 29.5. The van der Waals surface area contributed by atoms with Crippen LogP contribution in [-0.2, 0) is 0 Å². The highest BCUT2D eigenvalue weighted by Crippen LogP contribution is 2.43. The molecule has 10 aromatic rings. The van der Waals surface area contributed by atoms with Crippen molar-refractivity contribution < 1.29 is 8.83 Å². The molecule has 0 N–H and O–H groups in total. The van der Waals surface area contributed by atoms with Crippen molar-refractivity contribution in [2.24, 2.45) is 0 Å². The van der Waals surface area contributed by atoms with Gasteiger partial charge in [0.05, 0.1) is 16.4 Å². The van der Waals surface area contributed by atoms with Crippen LogP contribution in [0.25, 0.3) is 93.6 Å². The molecule has 45 heavy (non-hydrogen) atoms. The first-order valence-electron chi connectivity index (χ1n) is 15.3. The minimum Gasteiger partial charge on any atom is -0.456 e. The Labute approximate surface area is 258 Å². The Morgan fingerprint density at radius 2 is 1.07 bits per heavy atom. The summed E-state index contributed by atoms with van der Waals surface area (Å²) in [5.74, 6) is 0. The number of hydrogen-bond donors (Lipinski definition) is 0. The maximum Gasteiger partial charge on any atom is 0.147 e. The Bertz CT molecular complexity index is 2740. The first-order chi connectivity index (χ1) is 22.3. The Hall–Kier alpha value is -6.06. The van der Waals surface area contributed by atoms with Crippen molar-refractivity contribution in [2.75, 3.05) is 0 Å². The third-order valence-corrected chi connectivity index (χ3v) is 9.22. The molecule has 3 heterocycles. The van der Waals surface area contributed by atoms with Crippen LogP contribution in [0.5, 0.6) is 0 Å². The summed E-state index contributed by atoms with van der Waals surface area (Å²) in [4.78, 5) is 0. The molecule has 0 radical (unpaired) electrons. The molecule has 0 aliphatic carbocycles. The van der Waals surface area contributed by atoms with Crippen LogP contribution in [0.2, 0.25) is 0 Å².